The first-order valence-corrected chi connectivity index (χ1v) is 9.33. The molecule has 4 heteroatoms. The summed E-state index contributed by atoms with van der Waals surface area (Å²) < 4.78 is 11.5. The number of nitrogens with one attached hydrogen (secondary N) is 1. The summed E-state index contributed by atoms with van der Waals surface area (Å²) in [5, 5.41) is 3.46. The maximum atomic E-state index is 5.91. The second-order valence-electron chi connectivity index (χ2n) is 6.42. The summed E-state index contributed by atoms with van der Waals surface area (Å²) in [5.41, 5.74) is 3.71. The van der Waals surface area contributed by atoms with Gasteiger partial charge in [-0.1, -0.05) is 55.3 Å². The molecule has 0 spiro atoms. The number of benzene rings is 2. The molecule has 0 atom stereocenters. The molecule has 0 heterocycles. The van der Waals surface area contributed by atoms with Crippen LogP contribution in [0.5, 0.6) is 5.75 Å². The predicted octanol–water partition coefficient (Wildman–Crippen LogP) is 5.29. The number of unbranched alkanes of at least 4 members (excludes halogenated alkanes) is 1. The van der Waals surface area contributed by atoms with Gasteiger partial charge < -0.3 is 14.8 Å². The van der Waals surface area contributed by atoms with Crippen LogP contribution in [0.1, 0.15) is 42.9 Å². The van der Waals surface area contributed by atoms with Gasteiger partial charge in [-0.3, -0.25) is 0 Å². The molecule has 3 nitrogen and oxygen atoms in total. The minimum atomic E-state index is 0. The van der Waals surface area contributed by atoms with Gasteiger partial charge in [-0.2, -0.15) is 0 Å². The summed E-state index contributed by atoms with van der Waals surface area (Å²) in [6.07, 6.45) is 3.40. The number of halogens is 1. The molecular weight excluding hydrogens is 346 g/mol. The van der Waals surface area contributed by atoms with Gasteiger partial charge in [0, 0.05) is 19.8 Å². The summed E-state index contributed by atoms with van der Waals surface area (Å²) in [5.74, 6) is 0.919. The monoisotopic (exact) mass is 377 g/mol. The quantitative estimate of drug-likeness (QED) is 0.509. The van der Waals surface area contributed by atoms with Crippen molar-refractivity contribution in [3.8, 4) is 5.75 Å². The highest BCUT2D eigenvalue weighted by Crippen LogP contribution is 2.15. The zero-order valence-corrected chi connectivity index (χ0v) is 16.8. The van der Waals surface area contributed by atoms with Gasteiger partial charge in [-0.05, 0) is 49.6 Å². The summed E-state index contributed by atoms with van der Waals surface area (Å²) in [6, 6.07) is 16.8. The van der Waals surface area contributed by atoms with Gasteiger partial charge in [0.15, 0.2) is 0 Å². The lowest BCUT2D eigenvalue weighted by molar-refractivity contribution is 0.129. The number of hydrogen-bond donors (Lipinski definition) is 1. The van der Waals surface area contributed by atoms with E-state index < -0.39 is 0 Å². The van der Waals surface area contributed by atoms with Crippen molar-refractivity contribution in [1.82, 2.24) is 5.32 Å². The van der Waals surface area contributed by atoms with Crippen LogP contribution in [0.25, 0.3) is 0 Å². The summed E-state index contributed by atoms with van der Waals surface area (Å²) in [4.78, 5) is 0. The van der Waals surface area contributed by atoms with Gasteiger partial charge >= 0.3 is 0 Å². The molecule has 144 valence electrons. The van der Waals surface area contributed by atoms with Gasteiger partial charge in [0.25, 0.3) is 0 Å². The van der Waals surface area contributed by atoms with Crippen LogP contribution in [0.4, 0.5) is 0 Å². The molecule has 0 aromatic heterocycles. The Balaban J connectivity index is 0.00000338. The van der Waals surface area contributed by atoms with Gasteiger partial charge in [-0.25, -0.2) is 0 Å². The van der Waals surface area contributed by atoms with Crippen LogP contribution >= 0.6 is 12.4 Å². The van der Waals surface area contributed by atoms with Crippen LogP contribution in [0.15, 0.2) is 48.5 Å². The molecule has 0 aliphatic heterocycles. The van der Waals surface area contributed by atoms with Crippen LogP contribution in [-0.4, -0.2) is 19.8 Å². The number of aryl methyl sites for hydroxylation is 1. The Kier molecular flexibility index (Phi) is 11.8. The Labute approximate surface area is 164 Å². The minimum absolute atomic E-state index is 0. The summed E-state index contributed by atoms with van der Waals surface area (Å²) >= 11 is 0. The van der Waals surface area contributed by atoms with E-state index in [2.05, 4.69) is 61.6 Å². The zero-order valence-electron chi connectivity index (χ0n) is 16.0. The highest BCUT2D eigenvalue weighted by Gasteiger charge is 1.99. The van der Waals surface area contributed by atoms with Gasteiger partial charge in [-0.15, -0.1) is 12.4 Å². The predicted molar refractivity (Wildman–Crippen MR) is 111 cm³/mol. The standard InChI is InChI=1S/C22H31NO2.ClH/c1-3-4-14-24-15-6-13-23-17-21-7-5-8-22(16-21)25-18-20-11-9-19(2)10-12-20;/h5,7-12,16,23H,3-4,6,13-15,17-18H2,1-2H3;1H. The molecule has 0 unspecified atom stereocenters. The van der Waals surface area contributed by atoms with Gasteiger partial charge in [0.05, 0.1) is 0 Å². The fraction of sp³-hybridized carbons (Fsp3) is 0.455. The molecule has 0 saturated carbocycles. The fourth-order valence-corrected chi connectivity index (χ4v) is 2.48. The van der Waals surface area contributed by atoms with Crippen molar-refractivity contribution >= 4 is 12.4 Å². The van der Waals surface area contributed by atoms with E-state index in [4.69, 9.17) is 9.47 Å². The van der Waals surface area contributed by atoms with E-state index in [0.29, 0.717) is 6.61 Å². The third-order valence-electron chi connectivity index (χ3n) is 4.04. The molecule has 2 aromatic carbocycles. The maximum Gasteiger partial charge on any atom is 0.120 e. The zero-order chi connectivity index (χ0) is 17.7. The number of hydrogen-bond acceptors (Lipinski definition) is 3. The van der Waals surface area contributed by atoms with Crippen molar-refractivity contribution < 1.29 is 9.47 Å². The van der Waals surface area contributed by atoms with E-state index in [1.165, 1.54) is 23.1 Å². The van der Waals surface area contributed by atoms with E-state index >= 15 is 0 Å². The molecule has 26 heavy (non-hydrogen) atoms. The van der Waals surface area contributed by atoms with E-state index in [1.807, 2.05) is 6.07 Å². The van der Waals surface area contributed by atoms with Crippen LogP contribution < -0.4 is 10.1 Å². The lowest BCUT2D eigenvalue weighted by Gasteiger charge is -2.09. The van der Waals surface area contributed by atoms with Crippen molar-refractivity contribution in [2.45, 2.75) is 46.3 Å². The molecule has 0 radical (unpaired) electrons. The normalized spacial score (nSPS) is 10.4. The fourth-order valence-electron chi connectivity index (χ4n) is 2.48. The number of ether oxygens (including phenoxy) is 2. The van der Waals surface area contributed by atoms with Crippen LogP contribution in [0, 0.1) is 6.92 Å². The van der Waals surface area contributed by atoms with Crippen molar-refractivity contribution in [3.63, 3.8) is 0 Å². The first-order chi connectivity index (χ1) is 12.3. The molecule has 0 aliphatic rings. The van der Waals surface area contributed by atoms with Crippen molar-refractivity contribution in [3.05, 3.63) is 65.2 Å². The lowest BCUT2D eigenvalue weighted by Crippen LogP contribution is -2.16. The molecule has 0 saturated heterocycles. The summed E-state index contributed by atoms with van der Waals surface area (Å²) in [6.45, 7) is 8.44. The average molecular weight is 378 g/mol. The lowest BCUT2D eigenvalue weighted by atomic mass is 10.2. The molecule has 1 N–H and O–H groups in total. The minimum Gasteiger partial charge on any atom is -0.489 e. The SMILES string of the molecule is CCCCOCCCNCc1cccc(OCc2ccc(C)cc2)c1.Cl. The Hall–Kier alpha value is -1.55. The molecule has 0 aliphatic carbocycles. The van der Waals surface area contributed by atoms with E-state index in [0.717, 1.165) is 44.9 Å². The van der Waals surface area contributed by atoms with Crippen molar-refractivity contribution in [2.24, 2.45) is 0 Å². The Morgan fingerprint density at radius 1 is 0.923 bits per heavy atom. The third kappa shape index (κ3) is 9.23. The van der Waals surface area contributed by atoms with Crippen LogP contribution in [-0.2, 0) is 17.9 Å². The highest BCUT2D eigenvalue weighted by molar-refractivity contribution is 5.85. The molecule has 2 aromatic rings. The Morgan fingerprint density at radius 2 is 1.69 bits per heavy atom. The number of rotatable bonds is 12. The van der Waals surface area contributed by atoms with E-state index in [-0.39, 0.29) is 12.4 Å². The first-order valence-electron chi connectivity index (χ1n) is 9.33. The molecule has 0 amide bonds. The second-order valence-corrected chi connectivity index (χ2v) is 6.42. The van der Waals surface area contributed by atoms with Gasteiger partial charge in [0.2, 0.25) is 0 Å². The smallest absolute Gasteiger partial charge is 0.120 e. The Bertz CT molecular complexity index is 601. The molecule has 0 fully saturated rings. The molecular formula is C22H32ClNO2. The highest BCUT2D eigenvalue weighted by atomic mass is 35.5. The van der Waals surface area contributed by atoms with E-state index in [1.54, 1.807) is 0 Å². The van der Waals surface area contributed by atoms with Crippen molar-refractivity contribution in [1.29, 1.82) is 0 Å². The van der Waals surface area contributed by atoms with Gasteiger partial charge in [0.1, 0.15) is 12.4 Å². The van der Waals surface area contributed by atoms with E-state index in [9.17, 15) is 0 Å². The molecule has 2 rings (SSSR count). The molecule has 0 bridgehead atoms. The topological polar surface area (TPSA) is 30.5 Å². The van der Waals surface area contributed by atoms with Crippen LogP contribution in [0.2, 0.25) is 0 Å². The maximum absolute atomic E-state index is 5.91. The summed E-state index contributed by atoms with van der Waals surface area (Å²) in [7, 11) is 0. The third-order valence-corrected chi connectivity index (χ3v) is 4.04. The first kappa shape index (κ1) is 22.5. The largest absolute Gasteiger partial charge is 0.489 e. The Morgan fingerprint density at radius 3 is 2.46 bits per heavy atom. The van der Waals surface area contributed by atoms with Crippen LogP contribution in [0.3, 0.4) is 0 Å². The van der Waals surface area contributed by atoms with Crippen molar-refractivity contribution in [2.75, 3.05) is 19.8 Å². The average Bonchev–Trinajstić information content (AvgIpc) is 2.64. The second kappa shape index (κ2) is 13.6.